The highest BCUT2D eigenvalue weighted by Gasteiger charge is 2.43. The molecule has 3 aliphatic rings. The van der Waals surface area contributed by atoms with Crippen molar-refractivity contribution in [2.24, 2.45) is 0 Å². The molecule has 0 radical (unpaired) electrons. The second-order valence-electron chi connectivity index (χ2n) is 12.4. The molecule has 0 amide bonds. The highest BCUT2D eigenvalue weighted by Crippen LogP contribution is 2.59. The van der Waals surface area contributed by atoms with Crippen LogP contribution in [-0.2, 0) is 5.60 Å². The van der Waals surface area contributed by atoms with Gasteiger partial charge in [-0.3, -0.25) is 0 Å². The van der Waals surface area contributed by atoms with Crippen LogP contribution in [0.25, 0.3) is 28.0 Å². The molecule has 3 heteroatoms. The van der Waals surface area contributed by atoms with Crippen LogP contribution in [0.1, 0.15) is 82.2 Å². The average molecular weight is 569 g/mol. The molecule has 8 rings (SSSR count). The molecule has 1 fully saturated rings. The molecule has 3 atom stereocenters. The van der Waals surface area contributed by atoms with Gasteiger partial charge in [-0.25, -0.2) is 0 Å². The van der Waals surface area contributed by atoms with Gasteiger partial charge in [0, 0.05) is 16.5 Å². The van der Waals surface area contributed by atoms with Crippen LogP contribution in [-0.4, -0.2) is 7.11 Å². The Morgan fingerprint density at radius 3 is 2.40 bits per heavy atom. The van der Waals surface area contributed by atoms with E-state index >= 15 is 0 Å². The van der Waals surface area contributed by atoms with Crippen LogP contribution >= 0.6 is 11.3 Å². The summed E-state index contributed by atoms with van der Waals surface area (Å²) in [6.45, 7) is 4.44. The predicted molar refractivity (Wildman–Crippen MR) is 175 cm³/mol. The minimum absolute atomic E-state index is 0.500. The number of fused-ring (bicyclic) bond motifs is 11. The van der Waals surface area contributed by atoms with Crippen LogP contribution in [0, 0.1) is 13.8 Å². The van der Waals surface area contributed by atoms with Gasteiger partial charge in [-0.15, -0.1) is 11.3 Å². The van der Waals surface area contributed by atoms with Gasteiger partial charge in [0.25, 0.3) is 0 Å². The summed E-state index contributed by atoms with van der Waals surface area (Å²) >= 11 is 1.75. The van der Waals surface area contributed by atoms with Gasteiger partial charge in [0.2, 0.25) is 0 Å². The third kappa shape index (κ3) is 3.83. The summed E-state index contributed by atoms with van der Waals surface area (Å²) in [5, 5.41) is 4.67. The monoisotopic (exact) mass is 568 g/mol. The Bertz CT molecular complexity index is 1850. The quantitative estimate of drug-likeness (QED) is 0.215. The van der Waals surface area contributed by atoms with Crippen molar-refractivity contribution in [1.82, 2.24) is 0 Å². The molecule has 0 saturated heterocycles. The van der Waals surface area contributed by atoms with Crippen molar-refractivity contribution in [2.45, 2.75) is 63.4 Å². The van der Waals surface area contributed by atoms with Gasteiger partial charge in [0.15, 0.2) is 5.60 Å². The van der Waals surface area contributed by atoms with Crippen molar-refractivity contribution in [3.8, 4) is 22.6 Å². The fourth-order valence-corrected chi connectivity index (χ4v) is 8.82. The molecule has 0 N–H and O–H groups in total. The number of hydrogen-bond donors (Lipinski definition) is 0. The predicted octanol–water partition coefficient (Wildman–Crippen LogP) is 10.7. The van der Waals surface area contributed by atoms with Crippen molar-refractivity contribution in [2.75, 3.05) is 7.11 Å². The van der Waals surface area contributed by atoms with E-state index in [9.17, 15) is 0 Å². The molecule has 4 aromatic carbocycles. The lowest BCUT2D eigenvalue weighted by Gasteiger charge is -2.41. The van der Waals surface area contributed by atoms with Crippen molar-refractivity contribution in [3.05, 3.63) is 123 Å². The summed E-state index contributed by atoms with van der Waals surface area (Å²) in [4.78, 5) is 1.18. The Balaban J connectivity index is 1.44. The fourth-order valence-electron chi connectivity index (χ4n) is 7.96. The van der Waals surface area contributed by atoms with Gasteiger partial charge in [-0.2, -0.15) is 0 Å². The maximum Gasteiger partial charge on any atom is 0.187 e. The number of rotatable bonds is 3. The number of ether oxygens (including phenoxy) is 2. The van der Waals surface area contributed by atoms with Crippen LogP contribution in [0.2, 0.25) is 0 Å². The van der Waals surface area contributed by atoms with E-state index in [0.717, 1.165) is 17.1 Å². The first-order chi connectivity index (χ1) is 20.6. The van der Waals surface area contributed by atoms with Crippen molar-refractivity contribution in [1.29, 1.82) is 0 Å². The Kier molecular flexibility index (Phi) is 6.08. The van der Waals surface area contributed by atoms with Gasteiger partial charge in [-0.05, 0) is 102 Å². The standard InChI is InChI=1S/C39H36O2S/c1-24-11-17-30-33(22-24)28-8-5-4-6-9-29(28)37-32-19-20-39(35-10-7-21-42-35,26-13-15-27(40-3)16-14-26)41-38(32)34-23-25(2)12-18-31(34)36(30)37/h7,10-23,28-29H,4-6,8-9H2,1-3H3. The molecule has 1 aromatic heterocycles. The van der Waals surface area contributed by atoms with Crippen molar-refractivity contribution < 1.29 is 9.47 Å². The first-order valence-electron chi connectivity index (χ1n) is 15.4. The maximum absolute atomic E-state index is 7.46. The first kappa shape index (κ1) is 25.9. The third-order valence-electron chi connectivity index (χ3n) is 9.91. The molecule has 5 aromatic rings. The molecule has 2 aliphatic carbocycles. The van der Waals surface area contributed by atoms with Crippen LogP contribution in [0.4, 0.5) is 0 Å². The van der Waals surface area contributed by atoms with Crippen LogP contribution < -0.4 is 9.47 Å². The molecule has 42 heavy (non-hydrogen) atoms. The molecule has 2 nitrogen and oxygen atoms in total. The second-order valence-corrected chi connectivity index (χ2v) is 13.3. The van der Waals surface area contributed by atoms with Gasteiger partial charge in [-0.1, -0.05) is 85.0 Å². The summed E-state index contributed by atoms with van der Waals surface area (Å²) in [7, 11) is 1.72. The smallest absolute Gasteiger partial charge is 0.187 e. The molecule has 1 aliphatic heterocycles. The Morgan fingerprint density at radius 1 is 0.833 bits per heavy atom. The summed E-state index contributed by atoms with van der Waals surface area (Å²) in [5.74, 6) is 2.93. The summed E-state index contributed by atoms with van der Waals surface area (Å²) in [6.07, 6.45) is 11.1. The zero-order valence-electron chi connectivity index (χ0n) is 24.6. The molecule has 210 valence electrons. The fraction of sp³-hybridized carbons (Fsp3) is 0.282. The molecule has 1 saturated carbocycles. The van der Waals surface area contributed by atoms with Crippen LogP contribution in [0.5, 0.6) is 11.5 Å². The lowest BCUT2D eigenvalue weighted by Crippen LogP contribution is -2.34. The van der Waals surface area contributed by atoms with Gasteiger partial charge in [0.1, 0.15) is 11.5 Å². The largest absolute Gasteiger partial charge is 0.497 e. The number of benzene rings is 4. The topological polar surface area (TPSA) is 18.5 Å². The van der Waals surface area contributed by atoms with E-state index in [1.807, 2.05) is 12.1 Å². The molecule has 0 bridgehead atoms. The van der Waals surface area contributed by atoms with E-state index in [1.54, 1.807) is 24.0 Å². The number of hydrogen-bond acceptors (Lipinski definition) is 3. The highest BCUT2D eigenvalue weighted by atomic mass is 32.1. The van der Waals surface area contributed by atoms with Crippen molar-refractivity contribution in [3.63, 3.8) is 0 Å². The normalized spacial score (nSPS) is 22.4. The van der Waals surface area contributed by atoms with Gasteiger partial charge in [0.05, 0.1) is 12.0 Å². The minimum Gasteiger partial charge on any atom is -0.497 e. The second kappa shape index (κ2) is 9.88. The zero-order valence-corrected chi connectivity index (χ0v) is 25.4. The molecule has 2 heterocycles. The SMILES string of the molecule is COc1ccc(C2(c3cccs3)C=Cc3c4c(c5ccc(C)cc5c3O2)-c2ccc(C)cc2C2CCCCCC42)cc1. The first-order valence-corrected chi connectivity index (χ1v) is 16.2. The van der Waals surface area contributed by atoms with E-state index in [0.29, 0.717) is 11.8 Å². The van der Waals surface area contributed by atoms with Crippen LogP contribution in [0.3, 0.4) is 0 Å². The third-order valence-corrected chi connectivity index (χ3v) is 10.9. The molecule has 0 spiro atoms. The summed E-state index contributed by atoms with van der Waals surface area (Å²) < 4.78 is 13.0. The lowest BCUT2D eigenvalue weighted by molar-refractivity contribution is 0.167. The van der Waals surface area contributed by atoms with E-state index in [-0.39, 0.29) is 0 Å². The number of methoxy groups -OCH3 is 1. The number of thiophene rings is 1. The maximum atomic E-state index is 7.46. The Labute approximate surface area is 252 Å². The Hall–Kier alpha value is -3.82. The summed E-state index contributed by atoms with van der Waals surface area (Å²) in [5.41, 5.74) is 10.2. The van der Waals surface area contributed by atoms with Gasteiger partial charge < -0.3 is 9.47 Å². The lowest BCUT2D eigenvalue weighted by atomic mass is 9.66. The highest BCUT2D eigenvalue weighted by molar-refractivity contribution is 7.10. The van der Waals surface area contributed by atoms with Gasteiger partial charge >= 0.3 is 0 Å². The van der Waals surface area contributed by atoms with E-state index in [2.05, 4.69) is 92.0 Å². The zero-order chi connectivity index (χ0) is 28.4. The van der Waals surface area contributed by atoms with E-state index in [1.165, 1.54) is 81.1 Å². The molecule has 3 unspecified atom stereocenters. The van der Waals surface area contributed by atoms with Crippen LogP contribution in [0.15, 0.2) is 84.3 Å². The molecular formula is C39H36O2S. The average Bonchev–Trinajstić information content (AvgIpc) is 3.46. The van der Waals surface area contributed by atoms with E-state index in [4.69, 9.17) is 9.47 Å². The molecular weight excluding hydrogens is 532 g/mol. The van der Waals surface area contributed by atoms with E-state index < -0.39 is 5.60 Å². The number of aryl methyl sites for hydroxylation is 2. The van der Waals surface area contributed by atoms with Crippen molar-refractivity contribution >= 4 is 28.2 Å². The summed E-state index contributed by atoms with van der Waals surface area (Å²) in [6, 6.07) is 26.9. The minimum atomic E-state index is -0.703. The Morgan fingerprint density at radius 2 is 1.62 bits per heavy atom.